The second-order valence-corrected chi connectivity index (χ2v) is 2.43. The molecule has 0 bridgehead atoms. The van der Waals surface area contributed by atoms with Crippen molar-refractivity contribution in [2.75, 3.05) is 5.48 Å². The summed E-state index contributed by atoms with van der Waals surface area (Å²) in [5.74, 6) is 0. The fraction of sp³-hybridized carbons (Fsp3) is 0.222. The summed E-state index contributed by atoms with van der Waals surface area (Å²) >= 11 is 0. The monoisotopic (exact) mass is 162 g/mol. The van der Waals surface area contributed by atoms with Crippen LogP contribution in [0.25, 0.3) is 0 Å². The Morgan fingerprint density at radius 3 is 2.83 bits per heavy atom. The predicted molar refractivity (Wildman–Crippen MR) is 45.8 cm³/mol. The van der Waals surface area contributed by atoms with Crippen LogP contribution in [-0.4, -0.2) is 5.21 Å². The first-order valence-electron chi connectivity index (χ1n) is 3.73. The van der Waals surface area contributed by atoms with Crippen LogP contribution in [0.1, 0.15) is 12.0 Å². The summed E-state index contributed by atoms with van der Waals surface area (Å²) in [6.45, 7) is 0. The van der Waals surface area contributed by atoms with Crippen LogP contribution in [0.4, 0.5) is 5.69 Å². The molecule has 0 aliphatic rings. The van der Waals surface area contributed by atoms with E-state index in [1.807, 2.05) is 18.2 Å². The van der Waals surface area contributed by atoms with E-state index in [1.54, 1.807) is 6.07 Å². The number of nitriles is 1. The molecule has 0 aliphatic heterocycles. The first-order valence-corrected chi connectivity index (χ1v) is 3.73. The molecule has 0 fully saturated rings. The number of nitrogens with zero attached hydrogens (tertiary/aromatic N) is 1. The van der Waals surface area contributed by atoms with Gasteiger partial charge in [0, 0.05) is 6.42 Å². The first-order chi connectivity index (χ1) is 5.88. The summed E-state index contributed by atoms with van der Waals surface area (Å²) in [6.07, 6.45) is 1.14. The number of hydrogen-bond acceptors (Lipinski definition) is 3. The zero-order valence-electron chi connectivity index (χ0n) is 6.62. The minimum Gasteiger partial charge on any atom is -0.291 e. The van der Waals surface area contributed by atoms with E-state index >= 15 is 0 Å². The van der Waals surface area contributed by atoms with Gasteiger partial charge in [0.15, 0.2) is 0 Å². The number of anilines is 1. The number of benzene rings is 1. The highest BCUT2D eigenvalue weighted by Gasteiger charge is 1.98. The number of rotatable bonds is 3. The fourth-order valence-corrected chi connectivity index (χ4v) is 1.04. The molecule has 0 saturated carbocycles. The standard InChI is InChI=1S/C9H10N2O/c10-7-3-5-8-4-1-2-6-9(8)11-12/h1-2,4,6,11-12H,3,5H2. The molecule has 0 aliphatic carbocycles. The molecule has 0 saturated heterocycles. The SMILES string of the molecule is N#CCCc1ccccc1NO. The minimum absolute atomic E-state index is 0.471. The number of nitrogens with one attached hydrogen (secondary N) is 1. The maximum absolute atomic E-state index is 8.68. The lowest BCUT2D eigenvalue weighted by molar-refractivity contribution is 0.388. The maximum atomic E-state index is 8.68. The Morgan fingerprint density at radius 1 is 1.42 bits per heavy atom. The van der Waals surface area contributed by atoms with Crippen molar-refractivity contribution in [2.24, 2.45) is 0 Å². The van der Waals surface area contributed by atoms with Gasteiger partial charge in [-0.15, -0.1) is 0 Å². The molecule has 0 atom stereocenters. The number of hydrogen-bond donors (Lipinski definition) is 2. The molecule has 62 valence electrons. The van der Waals surface area contributed by atoms with E-state index in [1.165, 1.54) is 0 Å². The molecule has 0 spiro atoms. The summed E-state index contributed by atoms with van der Waals surface area (Å²) in [4.78, 5) is 0. The highest BCUT2D eigenvalue weighted by molar-refractivity contribution is 5.49. The summed E-state index contributed by atoms with van der Waals surface area (Å²) in [5, 5.41) is 17.0. The molecule has 3 nitrogen and oxygen atoms in total. The van der Waals surface area contributed by atoms with Gasteiger partial charge in [0.1, 0.15) is 0 Å². The Bertz CT molecular complexity index is 291. The van der Waals surface area contributed by atoms with Crippen molar-refractivity contribution in [3.05, 3.63) is 29.8 Å². The van der Waals surface area contributed by atoms with Gasteiger partial charge in [-0.1, -0.05) is 18.2 Å². The Hall–Kier alpha value is -1.53. The third kappa shape index (κ3) is 1.97. The van der Waals surface area contributed by atoms with E-state index in [9.17, 15) is 0 Å². The Morgan fingerprint density at radius 2 is 2.17 bits per heavy atom. The molecular weight excluding hydrogens is 152 g/mol. The maximum Gasteiger partial charge on any atom is 0.0634 e. The van der Waals surface area contributed by atoms with Crippen molar-refractivity contribution in [1.29, 1.82) is 5.26 Å². The Labute approximate surface area is 71.2 Å². The van der Waals surface area contributed by atoms with Gasteiger partial charge < -0.3 is 0 Å². The number of aryl methyl sites for hydroxylation is 1. The first kappa shape index (κ1) is 8.57. The van der Waals surface area contributed by atoms with E-state index in [-0.39, 0.29) is 0 Å². The van der Waals surface area contributed by atoms with Gasteiger partial charge in [0.25, 0.3) is 0 Å². The van der Waals surface area contributed by atoms with Gasteiger partial charge in [-0.25, -0.2) is 0 Å². The molecule has 0 unspecified atom stereocenters. The lowest BCUT2D eigenvalue weighted by Crippen LogP contribution is -1.95. The lowest BCUT2D eigenvalue weighted by Gasteiger charge is -2.04. The lowest BCUT2D eigenvalue weighted by atomic mass is 10.1. The van der Waals surface area contributed by atoms with Crippen LogP contribution < -0.4 is 5.48 Å². The molecular formula is C9H10N2O. The van der Waals surface area contributed by atoms with Crippen LogP contribution in [0, 0.1) is 11.3 Å². The summed E-state index contributed by atoms with van der Waals surface area (Å²) in [5.41, 5.74) is 3.73. The van der Waals surface area contributed by atoms with Crippen molar-refractivity contribution in [3.63, 3.8) is 0 Å². The van der Waals surface area contributed by atoms with Crippen molar-refractivity contribution in [1.82, 2.24) is 0 Å². The van der Waals surface area contributed by atoms with E-state index < -0.39 is 0 Å². The molecule has 1 rings (SSSR count). The van der Waals surface area contributed by atoms with Crippen molar-refractivity contribution in [3.8, 4) is 6.07 Å². The smallest absolute Gasteiger partial charge is 0.0634 e. The third-order valence-electron chi connectivity index (χ3n) is 1.64. The molecule has 3 heteroatoms. The highest BCUT2D eigenvalue weighted by atomic mass is 16.5. The van der Waals surface area contributed by atoms with Crippen LogP contribution in [0.15, 0.2) is 24.3 Å². The fourth-order valence-electron chi connectivity index (χ4n) is 1.04. The summed E-state index contributed by atoms with van der Waals surface area (Å²) in [6, 6.07) is 9.42. The predicted octanol–water partition coefficient (Wildman–Crippen LogP) is 1.94. The Kier molecular flexibility index (Phi) is 3.12. The molecule has 0 heterocycles. The van der Waals surface area contributed by atoms with Crippen LogP contribution in [0.3, 0.4) is 0 Å². The van der Waals surface area contributed by atoms with Crippen LogP contribution in [-0.2, 0) is 6.42 Å². The zero-order chi connectivity index (χ0) is 8.81. The second-order valence-electron chi connectivity index (χ2n) is 2.43. The van der Waals surface area contributed by atoms with E-state index in [2.05, 4.69) is 11.5 Å². The molecule has 0 radical (unpaired) electrons. The third-order valence-corrected chi connectivity index (χ3v) is 1.64. The molecule has 1 aromatic rings. The van der Waals surface area contributed by atoms with E-state index in [0.717, 1.165) is 5.56 Å². The Balaban J connectivity index is 2.76. The van der Waals surface area contributed by atoms with Crippen LogP contribution >= 0.6 is 0 Å². The van der Waals surface area contributed by atoms with Crippen molar-refractivity contribution >= 4 is 5.69 Å². The van der Waals surface area contributed by atoms with Gasteiger partial charge in [-0.05, 0) is 18.1 Å². The van der Waals surface area contributed by atoms with Gasteiger partial charge in [0.05, 0.1) is 11.8 Å². The molecule has 1 aromatic carbocycles. The van der Waals surface area contributed by atoms with Gasteiger partial charge in [0.2, 0.25) is 0 Å². The highest BCUT2D eigenvalue weighted by Crippen LogP contribution is 2.15. The molecule has 0 aromatic heterocycles. The summed E-state index contributed by atoms with van der Waals surface area (Å²) < 4.78 is 0. The second kappa shape index (κ2) is 4.37. The van der Waals surface area contributed by atoms with E-state index in [4.69, 9.17) is 10.5 Å². The molecule has 2 N–H and O–H groups in total. The van der Waals surface area contributed by atoms with Gasteiger partial charge in [-0.3, -0.25) is 10.7 Å². The minimum atomic E-state index is 0.471. The average molecular weight is 162 g/mol. The van der Waals surface area contributed by atoms with Crippen molar-refractivity contribution < 1.29 is 5.21 Å². The van der Waals surface area contributed by atoms with Gasteiger partial charge >= 0.3 is 0 Å². The molecule has 0 amide bonds. The zero-order valence-corrected chi connectivity index (χ0v) is 6.62. The topological polar surface area (TPSA) is 56.0 Å². The summed E-state index contributed by atoms with van der Waals surface area (Å²) in [7, 11) is 0. The molecule has 12 heavy (non-hydrogen) atoms. The largest absolute Gasteiger partial charge is 0.291 e. The van der Waals surface area contributed by atoms with E-state index in [0.29, 0.717) is 18.5 Å². The van der Waals surface area contributed by atoms with Crippen LogP contribution in [0.5, 0.6) is 0 Å². The van der Waals surface area contributed by atoms with Gasteiger partial charge in [-0.2, -0.15) is 5.26 Å². The average Bonchev–Trinajstić information content (AvgIpc) is 2.15. The van der Waals surface area contributed by atoms with Crippen molar-refractivity contribution in [2.45, 2.75) is 12.8 Å². The quantitative estimate of drug-likeness (QED) is 0.668. The number of para-hydroxylation sites is 1. The normalized spacial score (nSPS) is 9.00. The van der Waals surface area contributed by atoms with Crippen LogP contribution in [0.2, 0.25) is 0 Å².